The van der Waals surface area contributed by atoms with Gasteiger partial charge >= 0.3 is 0 Å². The van der Waals surface area contributed by atoms with E-state index >= 15 is 0 Å². The van der Waals surface area contributed by atoms with E-state index in [1.165, 1.54) is 93.9 Å². The fraction of sp³-hybridized carbons (Fsp3) is 0.0462. The van der Waals surface area contributed by atoms with E-state index in [2.05, 4.69) is 264 Å². The molecule has 1 heterocycles. The molecule has 0 spiro atoms. The Balaban J connectivity index is 0.933. The first-order valence-corrected chi connectivity index (χ1v) is 23.5. The molecule has 10 aromatic carbocycles. The molecule has 2 nitrogen and oxygen atoms in total. The topological polar surface area (TPSA) is 8.17 Å². The van der Waals surface area contributed by atoms with Crippen LogP contribution in [0.3, 0.4) is 0 Å². The van der Waals surface area contributed by atoms with E-state index in [0.717, 1.165) is 29.9 Å². The summed E-state index contributed by atoms with van der Waals surface area (Å²) in [5.41, 5.74) is 19.2. The van der Waals surface area contributed by atoms with Crippen LogP contribution >= 0.6 is 0 Å². The van der Waals surface area contributed by atoms with Crippen LogP contribution in [0.15, 0.2) is 260 Å². The molecule has 0 fully saturated rings. The molecule has 2 aliphatic rings. The lowest BCUT2D eigenvalue weighted by molar-refractivity contribution is 0.751. The Kier molecular flexibility index (Phi) is 9.25. The minimum absolute atomic E-state index is 0.455. The highest BCUT2D eigenvalue weighted by Crippen LogP contribution is 2.58. The summed E-state index contributed by atoms with van der Waals surface area (Å²) in [6.45, 7) is 0. The van der Waals surface area contributed by atoms with Gasteiger partial charge in [-0.3, -0.25) is 0 Å². The third-order valence-corrected chi connectivity index (χ3v) is 14.3. The van der Waals surface area contributed by atoms with Crippen molar-refractivity contribution in [1.29, 1.82) is 0 Å². The van der Waals surface area contributed by atoms with E-state index in [9.17, 15) is 0 Å². The molecule has 1 aromatic heterocycles. The lowest BCUT2D eigenvalue weighted by atomic mass is 9.66. The summed E-state index contributed by atoms with van der Waals surface area (Å²) in [6, 6.07) is 87.3. The lowest BCUT2D eigenvalue weighted by Crippen LogP contribution is -2.29. The Bertz CT molecular complexity index is 3740. The number of aromatic nitrogens is 1. The second-order valence-corrected chi connectivity index (χ2v) is 17.9. The highest BCUT2D eigenvalue weighted by atomic mass is 15.1. The van der Waals surface area contributed by atoms with Gasteiger partial charge in [0.1, 0.15) is 0 Å². The van der Waals surface area contributed by atoms with E-state index in [4.69, 9.17) is 0 Å². The maximum atomic E-state index is 2.48. The minimum atomic E-state index is -0.455. The molecule has 1 unspecified atom stereocenters. The second kappa shape index (κ2) is 15.9. The molecule has 0 radical (unpaired) electrons. The van der Waals surface area contributed by atoms with Gasteiger partial charge in [-0.25, -0.2) is 0 Å². The van der Waals surface area contributed by atoms with Gasteiger partial charge in [0.2, 0.25) is 0 Å². The molecule has 2 aliphatic carbocycles. The van der Waals surface area contributed by atoms with Gasteiger partial charge in [0.05, 0.1) is 22.1 Å². The summed E-state index contributed by atoms with van der Waals surface area (Å²) in [5, 5.41) is 4.93. The maximum absolute atomic E-state index is 2.48. The normalized spacial score (nSPS) is 15.1. The Hall–Kier alpha value is -8.46. The standard InChI is InChI=1S/C65H46N2/c1-4-22-50(23-5-1)65(51-24-6-2-7-25-51)60-31-14-12-29-56(60)57-40-39-54(44-61(57)65)66(62-33-17-19-46-18-10-11-28-55(46)62)53-37-34-45(35-38-53)47-20-16-21-48(42-47)49-36-41-64-59(43-49)58-30-13-15-32-63(58)67(64)52-26-8-3-9-27-52/h1,3-6,8-44H,2,7H2. The maximum Gasteiger partial charge on any atom is 0.0711 e. The van der Waals surface area contributed by atoms with Crippen molar-refractivity contribution < 1.29 is 0 Å². The number of allylic oxidation sites excluding steroid dienone is 4. The molecule has 11 aromatic rings. The number of fused-ring (bicyclic) bond motifs is 7. The van der Waals surface area contributed by atoms with Crippen molar-refractivity contribution in [3.8, 4) is 39.1 Å². The lowest BCUT2D eigenvalue weighted by Gasteiger charge is -2.36. The van der Waals surface area contributed by atoms with Gasteiger partial charge in [0, 0.05) is 33.2 Å². The number of hydrogen-bond donors (Lipinski definition) is 0. The van der Waals surface area contributed by atoms with Crippen molar-refractivity contribution in [2.75, 3.05) is 4.90 Å². The molecular formula is C65H46N2. The van der Waals surface area contributed by atoms with Gasteiger partial charge in [-0.05, 0) is 141 Å². The van der Waals surface area contributed by atoms with E-state index in [1.54, 1.807) is 0 Å². The summed E-state index contributed by atoms with van der Waals surface area (Å²) in [5.74, 6) is 0. The third-order valence-electron chi connectivity index (χ3n) is 14.3. The summed E-state index contributed by atoms with van der Waals surface area (Å²) < 4.78 is 2.38. The number of para-hydroxylation sites is 2. The zero-order valence-corrected chi connectivity index (χ0v) is 37.1. The summed E-state index contributed by atoms with van der Waals surface area (Å²) in [6.07, 6.45) is 9.31. The molecule has 2 heteroatoms. The van der Waals surface area contributed by atoms with Crippen LogP contribution in [0, 0.1) is 0 Å². The monoisotopic (exact) mass is 854 g/mol. The van der Waals surface area contributed by atoms with Crippen LogP contribution in [0.1, 0.15) is 29.5 Å². The first-order chi connectivity index (χ1) is 33.2. The number of hydrogen-bond acceptors (Lipinski definition) is 1. The van der Waals surface area contributed by atoms with Crippen molar-refractivity contribution in [3.05, 3.63) is 277 Å². The van der Waals surface area contributed by atoms with Crippen molar-refractivity contribution in [1.82, 2.24) is 4.57 Å². The van der Waals surface area contributed by atoms with Crippen molar-refractivity contribution in [2.24, 2.45) is 0 Å². The summed E-state index contributed by atoms with van der Waals surface area (Å²) in [4.78, 5) is 2.47. The molecule has 0 saturated carbocycles. The zero-order valence-electron chi connectivity index (χ0n) is 37.1. The number of anilines is 3. The molecule has 0 aliphatic heterocycles. The molecule has 13 rings (SSSR count). The quantitative estimate of drug-likeness (QED) is 0.148. The number of nitrogens with zero attached hydrogens (tertiary/aromatic N) is 2. The Labute approximate surface area is 391 Å². The predicted molar refractivity (Wildman–Crippen MR) is 282 cm³/mol. The van der Waals surface area contributed by atoms with Gasteiger partial charge in [0.25, 0.3) is 0 Å². The molecule has 316 valence electrons. The van der Waals surface area contributed by atoms with Crippen molar-refractivity contribution >= 4 is 49.6 Å². The highest BCUT2D eigenvalue weighted by molar-refractivity contribution is 6.10. The molecule has 67 heavy (non-hydrogen) atoms. The Morgan fingerprint density at radius 2 is 1.04 bits per heavy atom. The summed E-state index contributed by atoms with van der Waals surface area (Å²) >= 11 is 0. The fourth-order valence-electron chi connectivity index (χ4n) is 11.3. The molecular weight excluding hydrogens is 809 g/mol. The zero-order chi connectivity index (χ0) is 44.3. The molecule has 0 N–H and O–H groups in total. The van der Waals surface area contributed by atoms with Crippen LogP contribution in [0.4, 0.5) is 17.1 Å². The van der Waals surface area contributed by atoms with Crippen LogP contribution in [-0.4, -0.2) is 4.57 Å². The molecule has 0 amide bonds. The fourth-order valence-corrected chi connectivity index (χ4v) is 11.3. The molecule has 1 atom stereocenters. The highest BCUT2D eigenvalue weighted by Gasteiger charge is 2.47. The molecule has 0 saturated heterocycles. The van der Waals surface area contributed by atoms with Gasteiger partial charge in [-0.15, -0.1) is 0 Å². The smallest absolute Gasteiger partial charge is 0.0711 e. The van der Waals surface area contributed by atoms with Crippen LogP contribution in [0.2, 0.25) is 0 Å². The van der Waals surface area contributed by atoms with Crippen LogP contribution in [0.25, 0.3) is 71.6 Å². The SMILES string of the molecule is C1=CC(C2(c3ccccc3)c3ccccc3-c3ccc(N(c4ccc(-c5cccc(-c6ccc7c(c6)c6ccccc6n7-c6ccccc6)c5)cc4)c4cccc5ccccc45)cc32)=CCC1. The number of benzene rings is 10. The third kappa shape index (κ3) is 6.25. The Morgan fingerprint density at radius 3 is 1.88 bits per heavy atom. The van der Waals surface area contributed by atoms with Gasteiger partial charge in [-0.2, -0.15) is 0 Å². The predicted octanol–water partition coefficient (Wildman–Crippen LogP) is 17.3. The number of rotatable bonds is 8. The van der Waals surface area contributed by atoms with Gasteiger partial charge in [0.15, 0.2) is 0 Å². The minimum Gasteiger partial charge on any atom is -0.310 e. The van der Waals surface area contributed by atoms with E-state index in [0.29, 0.717) is 0 Å². The van der Waals surface area contributed by atoms with Crippen LogP contribution in [-0.2, 0) is 5.41 Å². The largest absolute Gasteiger partial charge is 0.310 e. The first-order valence-electron chi connectivity index (χ1n) is 23.5. The van der Waals surface area contributed by atoms with Crippen LogP contribution in [0.5, 0.6) is 0 Å². The van der Waals surface area contributed by atoms with Crippen molar-refractivity contribution in [3.63, 3.8) is 0 Å². The molecule has 0 bridgehead atoms. The first kappa shape index (κ1) is 39.0. The summed E-state index contributed by atoms with van der Waals surface area (Å²) in [7, 11) is 0. The van der Waals surface area contributed by atoms with E-state index in [1.807, 2.05) is 0 Å². The van der Waals surface area contributed by atoms with Crippen molar-refractivity contribution in [2.45, 2.75) is 18.3 Å². The Morgan fingerprint density at radius 1 is 0.403 bits per heavy atom. The van der Waals surface area contributed by atoms with Gasteiger partial charge in [-0.1, -0.05) is 188 Å². The van der Waals surface area contributed by atoms with Gasteiger partial charge < -0.3 is 9.47 Å². The average Bonchev–Trinajstić information content (AvgIpc) is 3.90. The van der Waals surface area contributed by atoms with E-state index in [-0.39, 0.29) is 0 Å². The van der Waals surface area contributed by atoms with E-state index < -0.39 is 5.41 Å². The average molecular weight is 855 g/mol. The van der Waals surface area contributed by atoms with Crippen LogP contribution < -0.4 is 4.90 Å². The second-order valence-electron chi connectivity index (χ2n) is 17.9.